The van der Waals surface area contributed by atoms with Gasteiger partial charge in [0.1, 0.15) is 18.2 Å². The minimum atomic E-state index is -1.14. The Bertz CT molecular complexity index is 1230. The summed E-state index contributed by atoms with van der Waals surface area (Å²) in [5.74, 6) is 0.495. The zero-order chi connectivity index (χ0) is 26.6. The van der Waals surface area contributed by atoms with Crippen LogP contribution in [0.5, 0.6) is 5.75 Å². The third-order valence-electron chi connectivity index (χ3n) is 6.08. The molecule has 0 bridgehead atoms. The molecule has 0 radical (unpaired) electrons. The van der Waals surface area contributed by atoms with E-state index in [-0.39, 0.29) is 24.9 Å². The van der Waals surface area contributed by atoms with Gasteiger partial charge in [0, 0.05) is 31.6 Å². The van der Waals surface area contributed by atoms with E-state index in [0.29, 0.717) is 44.1 Å². The van der Waals surface area contributed by atoms with E-state index in [9.17, 15) is 9.18 Å². The van der Waals surface area contributed by atoms with Gasteiger partial charge in [0.25, 0.3) is 5.91 Å². The number of ether oxygens (including phenoxy) is 2. The summed E-state index contributed by atoms with van der Waals surface area (Å²) in [6.07, 6.45) is 5.42. The SMILES string of the molecule is O=C(NNCCc1ccc(F)cc1)[C@]1(C/C=C/c2ccccc2)COC(c2ccc(OCCCO)cc2)=N1. The predicted molar refractivity (Wildman–Crippen MR) is 145 cm³/mol. The lowest BCUT2D eigenvalue weighted by molar-refractivity contribution is -0.127. The molecule has 1 heterocycles. The number of halogens is 1. The molecule has 0 fully saturated rings. The maximum Gasteiger partial charge on any atom is 0.266 e. The Balaban J connectivity index is 1.44. The zero-order valence-corrected chi connectivity index (χ0v) is 21.1. The van der Waals surface area contributed by atoms with Gasteiger partial charge in [0.05, 0.1) is 6.61 Å². The molecule has 7 nitrogen and oxygen atoms in total. The number of hydrogen-bond donors (Lipinski definition) is 3. The van der Waals surface area contributed by atoms with Crippen LogP contribution < -0.4 is 15.6 Å². The number of aliphatic hydroxyl groups excluding tert-OH is 1. The average molecular weight is 518 g/mol. The Morgan fingerprint density at radius 2 is 1.84 bits per heavy atom. The van der Waals surface area contributed by atoms with Gasteiger partial charge in [-0.25, -0.2) is 14.8 Å². The minimum absolute atomic E-state index is 0.0761. The van der Waals surface area contributed by atoms with E-state index in [1.807, 2.05) is 66.7 Å². The fourth-order valence-electron chi connectivity index (χ4n) is 3.93. The van der Waals surface area contributed by atoms with Crippen LogP contribution in [0.25, 0.3) is 6.08 Å². The fraction of sp³-hybridized carbons (Fsp3) is 0.267. The highest BCUT2D eigenvalue weighted by molar-refractivity contribution is 6.00. The number of benzene rings is 3. The average Bonchev–Trinajstić information content (AvgIpc) is 3.39. The molecule has 1 aliphatic rings. The normalized spacial score (nSPS) is 16.7. The van der Waals surface area contributed by atoms with Crippen LogP contribution in [0, 0.1) is 5.82 Å². The molecule has 0 spiro atoms. The highest BCUT2D eigenvalue weighted by atomic mass is 19.1. The van der Waals surface area contributed by atoms with Crippen LogP contribution in [-0.2, 0) is 16.0 Å². The smallest absolute Gasteiger partial charge is 0.266 e. The molecular weight excluding hydrogens is 485 g/mol. The van der Waals surface area contributed by atoms with Gasteiger partial charge in [0.2, 0.25) is 5.90 Å². The first-order chi connectivity index (χ1) is 18.6. The van der Waals surface area contributed by atoms with Gasteiger partial charge < -0.3 is 14.6 Å². The largest absolute Gasteiger partial charge is 0.494 e. The zero-order valence-electron chi connectivity index (χ0n) is 21.1. The maximum atomic E-state index is 13.4. The van der Waals surface area contributed by atoms with Gasteiger partial charge in [-0.05, 0) is 53.9 Å². The van der Waals surface area contributed by atoms with E-state index in [4.69, 9.17) is 19.6 Å². The van der Waals surface area contributed by atoms with E-state index in [2.05, 4.69) is 10.9 Å². The number of hydrazine groups is 1. The van der Waals surface area contributed by atoms with Crippen LogP contribution in [0.1, 0.15) is 29.5 Å². The molecule has 0 saturated carbocycles. The molecule has 3 aromatic rings. The van der Waals surface area contributed by atoms with Crippen molar-refractivity contribution in [3.63, 3.8) is 0 Å². The summed E-state index contributed by atoms with van der Waals surface area (Å²) in [6.45, 7) is 1.08. The van der Waals surface area contributed by atoms with Crippen LogP contribution in [0.3, 0.4) is 0 Å². The predicted octanol–water partition coefficient (Wildman–Crippen LogP) is 4.07. The number of aliphatic imine (C=N–C) groups is 1. The number of nitrogens with zero attached hydrogens (tertiary/aromatic N) is 1. The van der Waals surface area contributed by atoms with E-state index in [1.54, 1.807) is 12.1 Å². The van der Waals surface area contributed by atoms with Gasteiger partial charge in [-0.3, -0.25) is 10.2 Å². The summed E-state index contributed by atoms with van der Waals surface area (Å²) in [4.78, 5) is 18.1. The molecular formula is C30H32FN3O4. The second-order valence-electron chi connectivity index (χ2n) is 8.96. The van der Waals surface area contributed by atoms with Gasteiger partial charge in [0.15, 0.2) is 5.54 Å². The lowest BCUT2D eigenvalue weighted by Crippen LogP contribution is -2.51. The maximum absolute atomic E-state index is 13.4. The number of nitrogens with one attached hydrogen (secondary N) is 2. The van der Waals surface area contributed by atoms with Crippen molar-refractivity contribution >= 4 is 17.9 Å². The summed E-state index contributed by atoms with van der Waals surface area (Å²) < 4.78 is 24.6. The van der Waals surface area contributed by atoms with Crippen LogP contribution in [0.4, 0.5) is 4.39 Å². The topological polar surface area (TPSA) is 92.2 Å². The molecule has 1 aliphatic heterocycles. The fourth-order valence-corrected chi connectivity index (χ4v) is 3.93. The molecule has 0 aromatic heterocycles. The van der Waals surface area contributed by atoms with Crippen molar-refractivity contribution in [3.8, 4) is 5.75 Å². The number of aliphatic hydroxyl groups is 1. The molecule has 0 saturated heterocycles. The van der Waals surface area contributed by atoms with Gasteiger partial charge in [-0.15, -0.1) is 0 Å². The lowest BCUT2D eigenvalue weighted by Gasteiger charge is -2.22. The third kappa shape index (κ3) is 7.50. The Hall–Kier alpha value is -4.01. The molecule has 0 unspecified atom stereocenters. The first-order valence-electron chi connectivity index (χ1n) is 12.6. The van der Waals surface area contributed by atoms with Crippen LogP contribution in [0.2, 0.25) is 0 Å². The van der Waals surface area contributed by atoms with Gasteiger partial charge >= 0.3 is 0 Å². The summed E-state index contributed by atoms with van der Waals surface area (Å²) >= 11 is 0. The van der Waals surface area contributed by atoms with E-state index >= 15 is 0 Å². The standard InChI is InChI=1S/C30H32FN3O4/c31-26-13-9-24(10-14-26)17-19-32-34-29(36)30(18-4-8-23-6-2-1-3-7-23)22-38-28(33-30)25-11-15-27(16-12-25)37-21-5-20-35/h1-4,6-16,32,35H,5,17-22H2,(H,34,36)/b8-4+/t30-/m0/s1. The molecule has 1 atom stereocenters. The van der Waals surface area contributed by atoms with Crippen molar-refractivity contribution in [2.45, 2.75) is 24.8 Å². The number of amides is 1. The number of rotatable bonds is 13. The van der Waals surface area contributed by atoms with Crippen molar-refractivity contribution in [2.75, 3.05) is 26.4 Å². The first kappa shape index (κ1) is 27.0. The molecule has 4 rings (SSSR count). The van der Waals surface area contributed by atoms with Crippen molar-refractivity contribution in [3.05, 3.63) is 107 Å². The number of carbonyl (C=O) groups excluding carboxylic acids is 1. The van der Waals surface area contributed by atoms with Gasteiger partial charge in [-0.1, -0.05) is 54.6 Å². The minimum Gasteiger partial charge on any atom is -0.494 e. The highest BCUT2D eigenvalue weighted by Gasteiger charge is 2.43. The molecule has 8 heteroatoms. The van der Waals surface area contributed by atoms with Crippen LogP contribution >= 0.6 is 0 Å². The molecule has 38 heavy (non-hydrogen) atoms. The van der Waals surface area contributed by atoms with Crippen molar-refractivity contribution in [1.82, 2.24) is 10.9 Å². The summed E-state index contributed by atoms with van der Waals surface area (Å²) in [5, 5.41) is 8.91. The summed E-state index contributed by atoms with van der Waals surface area (Å²) in [5.41, 5.74) is 7.34. The monoisotopic (exact) mass is 517 g/mol. The van der Waals surface area contributed by atoms with Crippen molar-refractivity contribution < 1.29 is 23.8 Å². The van der Waals surface area contributed by atoms with E-state index in [0.717, 1.165) is 16.7 Å². The first-order valence-corrected chi connectivity index (χ1v) is 12.6. The molecule has 198 valence electrons. The van der Waals surface area contributed by atoms with E-state index < -0.39 is 5.54 Å². The van der Waals surface area contributed by atoms with Crippen molar-refractivity contribution in [1.29, 1.82) is 0 Å². The quantitative estimate of drug-likeness (QED) is 0.235. The molecule has 3 aromatic carbocycles. The molecule has 0 aliphatic carbocycles. The van der Waals surface area contributed by atoms with E-state index in [1.165, 1.54) is 12.1 Å². The van der Waals surface area contributed by atoms with Crippen molar-refractivity contribution in [2.24, 2.45) is 4.99 Å². The second-order valence-corrected chi connectivity index (χ2v) is 8.96. The highest BCUT2D eigenvalue weighted by Crippen LogP contribution is 2.27. The lowest BCUT2D eigenvalue weighted by atomic mass is 9.95. The Labute approximate surface area is 222 Å². The Morgan fingerprint density at radius 3 is 2.58 bits per heavy atom. The van der Waals surface area contributed by atoms with Gasteiger partial charge in [-0.2, -0.15) is 0 Å². The number of hydrogen-bond acceptors (Lipinski definition) is 6. The summed E-state index contributed by atoms with van der Waals surface area (Å²) in [7, 11) is 0. The van der Waals surface area contributed by atoms with Crippen LogP contribution in [-0.4, -0.2) is 48.8 Å². The molecule has 3 N–H and O–H groups in total. The Morgan fingerprint density at radius 1 is 1.08 bits per heavy atom. The third-order valence-corrected chi connectivity index (χ3v) is 6.08. The Kier molecular flexibility index (Phi) is 9.61. The molecule has 1 amide bonds. The van der Waals surface area contributed by atoms with Crippen LogP contribution in [0.15, 0.2) is 89.9 Å². The summed E-state index contributed by atoms with van der Waals surface area (Å²) in [6, 6.07) is 23.4. The second kappa shape index (κ2) is 13.5. The number of carbonyl (C=O) groups is 1.